The maximum Gasteiger partial charge on any atom is 0.227 e. The molecule has 0 aliphatic rings. The zero-order chi connectivity index (χ0) is 11.5. The summed E-state index contributed by atoms with van der Waals surface area (Å²) in [5.41, 5.74) is 2.70. The van der Waals surface area contributed by atoms with E-state index in [0.29, 0.717) is 12.2 Å². The van der Waals surface area contributed by atoms with Crippen LogP contribution in [0.25, 0.3) is 11.0 Å². The molecule has 0 spiro atoms. The molecule has 0 unspecified atom stereocenters. The third-order valence-corrected chi connectivity index (χ3v) is 2.71. The van der Waals surface area contributed by atoms with Gasteiger partial charge in [0.2, 0.25) is 5.91 Å². The van der Waals surface area contributed by atoms with Crippen molar-refractivity contribution in [3.63, 3.8) is 0 Å². The molecular weight excluding hydrogens is 222 g/mol. The van der Waals surface area contributed by atoms with Crippen LogP contribution in [0.3, 0.4) is 0 Å². The molecule has 1 amide bonds. The van der Waals surface area contributed by atoms with Gasteiger partial charge >= 0.3 is 0 Å². The van der Waals surface area contributed by atoms with Crippen LogP contribution in [-0.2, 0) is 4.79 Å². The fourth-order valence-corrected chi connectivity index (χ4v) is 1.73. The Kier molecular flexibility index (Phi) is 3.14. The van der Waals surface area contributed by atoms with Crippen LogP contribution in [0.5, 0.6) is 0 Å². The summed E-state index contributed by atoms with van der Waals surface area (Å²) in [4.78, 5) is 20.5. The molecule has 1 heterocycles. The molecule has 0 saturated carbocycles. The van der Waals surface area contributed by atoms with E-state index in [1.54, 1.807) is 18.3 Å². The van der Waals surface area contributed by atoms with Gasteiger partial charge in [0.05, 0.1) is 17.4 Å². The molecule has 0 fully saturated rings. The Morgan fingerprint density at radius 1 is 1.56 bits per heavy atom. The van der Waals surface area contributed by atoms with E-state index >= 15 is 0 Å². The highest BCUT2D eigenvalue weighted by Crippen LogP contribution is 2.19. The van der Waals surface area contributed by atoms with Crippen LogP contribution in [0, 0.1) is 0 Å². The van der Waals surface area contributed by atoms with Gasteiger partial charge in [-0.05, 0) is 24.0 Å². The molecule has 2 rings (SSSR count). The van der Waals surface area contributed by atoms with Gasteiger partial charge in [-0.3, -0.25) is 4.79 Å². The fourth-order valence-electron chi connectivity index (χ4n) is 1.54. The molecule has 1 aromatic heterocycles. The topological polar surface area (TPSA) is 49.0 Å². The third kappa shape index (κ3) is 2.04. The van der Waals surface area contributed by atoms with E-state index in [1.807, 2.05) is 18.2 Å². The first kappa shape index (κ1) is 11.0. The molecule has 0 aliphatic heterocycles. The predicted octanol–water partition coefficient (Wildman–Crippen LogP) is 1.85. The van der Waals surface area contributed by atoms with Crippen molar-refractivity contribution in [1.29, 1.82) is 0 Å². The summed E-state index contributed by atoms with van der Waals surface area (Å²) in [6.07, 6.45) is 2.09. The van der Waals surface area contributed by atoms with E-state index < -0.39 is 0 Å². The summed E-state index contributed by atoms with van der Waals surface area (Å²) in [7, 11) is 1.77. The number of anilines is 1. The first-order valence-corrected chi connectivity index (χ1v) is 5.66. The Morgan fingerprint density at radius 3 is 3.12 bits per heavy atom. The second kappa shape index (κ2) is 4.57. The zero-order valence-corrected chi connectivity index (χ0v) is 9.87. The highest BCUT2D eigenvalue weighted by atomic mass is 32.1. The quantitative estimate of drug-likeness (QED) is 0.798. The van der Waals surface area contributed by atoms with E-state index in [2.05, 4.69) is 22.6 Å². The molecule has 16 heavy (non-hydrogen) atoms. The number of rotatable bonds is 3. The summed E-state index contributed by atoms with van der Waals surface area (Å²) in [6, 6.07) is 5.70. The number of hydrogen-bond donors (Lipinski definition) is 2. The second-order valence-corrected chi connectivity index (χ2v) is 3.98. The van der Waals surface area contributed by atoms with Gasteiger partial charge in [0.1, 0.15) is 0 Å². The minimum atomic E-state index is 0.0638. The average Bonchev–Trinajstić information content (AvgIpc) is 2.75. The highest BCUT2D eigenvalue weighted by molar-refractivity contribution is 7.80. The van der Waals surface area contributed by atoms with E-state index in [9.17, 15) is 4.79 Å². The van der Waals surface area contributed by atoms with Gasteiger partial charge in [-0.1, -0.05) is 0 Å². The largest absolute Gasteiger partial charge is 0.345 e. The maximum absolute atomic E-state index is 11.7. The molecule has 0 aliphatic carbocycles. The van der Waals surface area contributed by atoms with E-state index in [-0.39, 0.29) is 5.91 Å². The second-order valence-electron chi connectivity index (χ2n) is 3.53. The average molecular weight is 235 g/mol. The Morgan fingerprint density at radius 2 is 2.38 bits per heavy atom. The number of aromatic amines is 1. The summed E-state index contributed by atoms with van der Waals surface area (Å²) in [5, 5.41) is 0. The number of benzene rings is 1. The van der Waals surface area contributed by atoms with Gasteiger partial charge in [-0.25, -0.2) is 4.98 Å². The van der Waals surface area contributed by atoms with Crippen LogP contribution in [-0.4, -0.2) is 28.7 Å². The SMILES string of the molecule is CN(C(=O)CCS)c1ccc2nc[nH]c2c1. The van der Waals surface area contributed by atoms with E-state index in [0.717, 1.165) is 16.7 Å². The van der Waals surface area contributed by atoms with Crippen molar-refractivity contribution in [1.82, 2.24) is 9.97 Å². The molecule has 1 N–H and O–H groups in total. The monoisotopic (exact) mass is 235 g/mol. The normalized spacial score (nSPS) is 10.6. The molecule has 5 heteroatoms. The zero-order valence-electron chi connectivity index (χ0n) is 8.97. The lowest BCUT2D eigenvalue weighted by atomic mass is 10.2. The number of imidazole rings is 1. The van der Waals surface area contributed by atoms with E-state index in [1.165, 1.54) is 0 Å². The van der Waals surface area contributed by atoms with Crippen molar-refractivity contribution in [2.45, 2.75) is 6.42 Å². The Balaban J connectivity index is 2.28. The molecule has 0 radical (unpaired) electrons. The number of carbonyl (C=O) groups excluding carboxylic acids is 1. The van der Waals surface area contributed by atoms with Crippen molar-refractivity contribution in [2.75, 3.05) is 17.7 Å². The van der Waals surface area contributed by atoms with Gasteiger partial charge in [0.15, 0.2) is 0 Å². The summed E-state index contributed by atoms with van der Waals surface area (Å²) >= 11 is 4.05. The molecule has 0 saturated heterocycles. The lowest BCUT2D eigenvalue weighted by Crippen LogP contribution is -2.26. The van der Waals surface area contributed by atoms with Crippen molar-refractivity contribution in [2.24, 2.45) is 0 Å². The highest BCUT2D eigenvalue weighted by Gasteiger charge is 2.10. The van der Waals surface area contributed by atoms with E-state index in [4.69, 9.17) is 0 Å². The summed E-state index contributed by atoms with van der Waals surface area (Å²) in [6.45, 7) is 0. The number of nitrogens with zero attached hydrogens (tertiary/aromatic N) is 2. The minimum Gasteiger partial charge on any atom is -0.345 e. The smallest absolute Gasteiger partial charge is 0.227 e. The number of thiol groups is 1. The van der Waals surface area contributed by atoms with Crippen LogP contribution in [0.1, 0.15) is 6.42 Å². The Bertz CT molecular complexity index is 509. The number of aromatic nitrogens is 2. The molecule has 2 aromatic rings. The minimum absolute atomic E-state index is 0.0638. The van der Waals surface area contributed by atoms with Crippen molar-refractivity contribution in [3.8, 4) is 0 Å². The predicted molar refractivity (Wildman–Crippen MR) is 68.0 cm³/mol. The summed E-state index contributed by atoms with van der Waals surface area (Å²) < 4.78 is 0. The maximum atomic E-state index is 11.7. The number of H-pyrrole nitrogens is 1. The van der Waals surface area contributed by atoms with Gasteiger partial charge < -0.3 is 9.88 Å². The third-order valence-electron chi connectivity index (χ3n) is 2.49. The van der Waals surface area contributed by atoms with Crippen LogP contribution in [0.4, 0.5) is 5.69 Å². The van der Waals surface area contributed by atoms with Crippen LogP contribution in [0.15, 0.2) is 24.5 Å². The van der Waals surface area contributed by atoms with Crippen LogP contribution >= 0.6 is 12.6 Å². The number of fused-ring (bicyclic) bond motifs is 1. The molecule has 4 nitrogen and oxygen atoms in total. The van der Waals surface area contributed by atoms with Crippen LogP contribution < -0.4 is 4.90 Å². The number of hydrogen-bond acceptors (Lipinski definition) is 3. The van der Waals surface area contributed by atoms with Crippen LogP contribution in [0.2, 0.25) is 0 Å². The number of amides is 1. The number of carbonyl (C=O) groups is 1. The van der Waals surface area contributed by atoms with Gasteiger partial charge in [-0.15, -0.1) is 0 Å². The number of nitrogens with one attached hydrogen (secondary N) is 1. The Hall–Kier alpha value is -1.49. The molecular formula is C11H13N3OS. The Labute approximate surface area is 99.1 Å². The standard InChI is InChI=1S/C11H13N3OS/c1-14(11(15)4-5-16)8-2-3-9-10(6-8)13-7-12-9/h2-3,6-7,16H,4-5H2,1H3,(H,12,13). The molecule has 1 aromatic carbocycles. The van der Waals surface area contributed by atoms with Gasteiger partial charge in [-0.2, -0.15) is 12.6 Å². The van der Waals surface area contributed by atoms with Crippen molar-refractivity contribution >= 4 is 35.3 Å². The first-order valence-electron chi connectivity index (χ1n) is 5.03. The van der Waals surface area contributed by atoms with Crippen molar-refractivity contribution < 1.29 is 4.79 Å². The van der Waals surface area contributed by atoms with Gasteiger partial charge in [0, 0.05) is 19.2 Å². The lowest BCUT2D eigenvalue weighted by molar-refractivity contribution is -0.117. The lowest BCUT2D eigenvalue weighted by Gasteiger charge is -2.16. The fraction of sp³-hybridized carbons (Fsp3) is 0.273. The van der Waals surface area contributed by atoms with Gasteiger partial charge in [0.25, 0.3) is 0 Å². The summed E-state index contributed by atoms with van der Waals surface area (Å²) in [5.74, 6) is 0.629. The van der Waals surface area contributed by atoms with Crippen molar-refractivity contribution in [3.05, 3.63) is 24.5 Å². The molecule has 0 atom stereocenters. The molecule has 0 bridgehead atoms. The first-order chi connectivity index (χ1) is 7.72. The molecule has 84 valence electrons.